The van der Waals surface area contributed by atoms with E-state index in [1.807, 2.05) is 0 Å². The Morgan fingerprint density at radius 1 is 0.828 bits per heavy atom. The van der Waals surface area contributed by atoms with Gasteiger partial charge in [-0.15, -0.1) is 0 Å². The van der Waals surface area contributed by atoms with Crippen molar-refractivity contribution in [1.82, 2.24) is 4.57 Å². The Morgan fingerprint density at radius 3 is 2.45 bits per heavy atom. The van der Waals surface area contributed by atoms with E-state index in [2.05, 4.69) is 107 Å². The summed E-state index contributed by atoms with van der Waals surface area (Å²) in [5.74, 6) is 0. The van der Waals surface area contributed by atoms with Crippen molar-refractivity contribution in [3.63, 3.8) is 0 Å². The van der Waals surface area contributed by atoms with Crippen molar-refractivity contribution >= 4 is 44.9 Å². The molecule has 0 bridgehead atoms. The highest BCUT2D eigenvalue weighted by atomic mass is 16.3. The summed E-state index contributed by atoms with van der Waals surface area (Å²) in [6.07, 6.45) is 6.48. The van der Waals surface area contributed by atoms with Crippen LogP contribution in [0.25, 0.3) is 44.9 Å². The summed E-state index contributed by atoms with van der Waals surface area (Å²) in [5, 5.41) is 13.2. The van der Waals surface area contributed by atoms with E-state index >= 15 is 0 Å². The molecule has 0 fully saturated rings. The largest absolute Gasteiger partial charge is 0.395 e. The number of nitrogens with zero attached hydrogens (tertiary/aromatic N) is 2. The van der Waals surface area contributed by atoms with Crippen molar-refractivity contribution in [3.8, 4) is 0 Å². The summed E-state index contributed by atoms with van der Waals surface area (Å²) < 4.78 is 4.34. The summed E-state index contributed by atoms with van der Waals surface area (Å²) in [5.41, 5.74) is 5.93. The molecule has 3 aromatic carbocycles. The molecule has 5 rings (SSSR count). The van der Waals surface area contributed by atoms with E-state index in [1.165, 1.54) is 38.3 Å². The van der Waals surface area contributed by atoms with E-state index in [-0.39, 0.29) is 6.61 Å². The summed E-state index contributed by atoms with van der Waals surface area (Å²) >= 11 is 0. The molecule has 0 radical (unpaired) electrons. The number of rotatable bonds is 4. The van der Waals surface area contributed by atoms with Gasteiger partial charge in [-0.25, -0.2) is 4.57 Å². The molecule has 142 valence electrons. The minimum Gasteiger partial charge on any atom is -0.395 e. The molecule has 2 aromatic heterocycles. The maximum absolute atomic E-state index is 9.49. The Morgan fingerprint density at radius 2 is 1.59 bits per heavy atom. The molecule has 0 amide bonds. The van der Waals surface area contributed by atoms with Crippen LogP contribution in [0.4, 0.5) is 0 Å². The SMILES string of the molecule is C[n+]1ccc(/C=C/c2ccc3c(c2)c2ccccc2n3CCO)c2ccccc21. The first-order chi connectivity index (χ1) is 14.3. The normalized spacial score (nSPS) is 11.9. The lowest BCUT2D eigenvalue weighted by atomic mass is 10.1. The van der Waals surface area contributed by atoms with Crippen LogP contribution in [0.15, 0.2) is 79.0 Å². The second-order valence-corrected chi connectivity index (χ2v) is 7.40. The standard InChI is InChI=1S/C26H23N2O/c1-27-15-14-20(21-6-2-4-8-24(21)27)12-10-19-11-13-26-23(18-19)22-7-3-5-9-25(22)28(26)16-17-29/h2-15,18,29H,16-17H2,1H3/q+1. The number of aliphatic hydroxyl groups is 1. The Balaban J connectivity index is 1.62. The first-order valence-corrected chi connectivity index (χ1v) is 9.93. The Hall–Kier alpha value is -3.43. The highest BCUT2D eigenvalue weighted by molar-refractivity contribution is 6.08. The van der Waals surface area contributed by atoms with Gasteiger partial charge in [-0.1, -0.05) is 48.6 Å². The second kappa shape index (κ2) is 7.19. The molecule has 0 aliphatic heterocycles. The Bertz CT molecular complexity index is 1380. The van der Waals surface area contributed by atoms with Crippen LogP contribution in [0.1, 0.15) is 11.1 Å². The van der Waals surface area contributed by atoms with Crippen LogP contribution in [0, 0.1) is 0 Å². The van der Waals surface area contributed by atoms with Gasteiger partial charge in [0.2, 0.25) is 5.52 Å². The van der Waals surface area contributed by atoms with Crippen LogP contribution in [-0.2, 0) is 13.6 Å². The van der Waals surface area contributed by atoms with Crippen molar-refractivity contribution in [2.45, 2.75) is 6.54 Å². The van der Waals surface area contributed by atoms with Gasteiger partial charge >= 0.3 is 0 Å². The third kappa shape index (κ3) is 3.00. The predicted octanol–water partition coefficient (Wildman–Crippen LogP) is 4.93. The van der Waals surface area contributed by atoms with Gasteiger partial charge in [-0.2, -0.15) is 0 Å². The summed E-state index contributed by atoms with van der Waals surface area (Å²) in [4.78, 5) is 0. The lowest BCUT2D eigenvalue weighted by Crippen LogP contribution is -2.28. The zero-order chi connectivity index (χ0) is 19.8. The first kappa shape index (κ1) is 17.7. The van der Waals surface area contributed by atoms with Crippen LogP contribution >= 0.6 is 0 Å². The van der Waals surface area contributed by atoms with Gasteiger partial charge < -0.3 is 9.67 Å². The lowest BCUT2D eigenvalue weighted by Gasteiger charge is -2.04. The van der Waals surface area contributed by atoms with Gasteiger partial charge in [-0.05, 0) is 35.4 Å². The average Bonchev–Trinajstić information content (AvgIpc) is 3.07. The predicted molar refractivity (Wildman–Crippen MR) is 121 cm³/mol. The van der Waals surface area contributed by atoms with E-state index in [1.54, 1.807) is 0 Å². The molecule has 3 nitrogen and oxygen atoms in total. The summed E-state index contributed by atoms with van der Waals surface area (Å²) in [7, 11) is 2.08. The smallest absolute Gasteiger partial charge is 0.212 e. The number of pyridine rings is 1. The Labute approximate surface area is 169 Å². The molecular weight excluding hydrogens is 356 g/mol. The topological polar surface area (TPSA) is 29.0 Å². The fourth-order valence-corrected chi connectivity index (χ4v) is 4.23. The van der Waals surface area contributed by atoms with Crippen LogP contribution in [-0.4, -0.2) is 16.3 Å². The fourth-order valence-electron chi connectivity index (χ4n) is 4.23. The highest BCUT2D eigenvalue weighted by Gasteiger charge is 2.10. The zero-order valence-electron chi connectivity index (χ0n) is 16.4. The number of aryl methyl sites for hydroxylation is 1. The molecule has 2 heterocycles. The van der Waals surface area contributed by atoms with Crippen LogP contribution in [0.2, 0.25) is 0 Å². The van der Waals surface area contributed by atoms with Crippen molar-refractivity contribution in [1.29, 1.82) is 0 Å². The highest BCUT2D eigenvalue weighted by Crippen LogP contribution is 2.30. The molecule has 0 aliphatic carbocycles. The number of hydrogen-bond acceptors (Lipinski definition) is 1. The minimum absolute atomic E-state index is 0.133. The Kier molecular flexibility index (Phi) is 4.38. The second-order valence-electron chi connectivity index (χ2n) is 7.40. The van der Waals surface area contributed by atoms with E-state index < -0.39 is 0 Å². The van der Waals surface area contributed by atoms with Crippen molar-refractivity contribution in [3.05, 3.63) is 90.1 Å². The molecule has 3 heteroatoms. The van der Waals surface area contributed by atoms with Crippen molar-refractivity contribution in [2.75, 3.05) is 6.61 Å². The molecule has 0 saturated heterocycles. The number of benzene rings is 3. The van der Waals surface area contributed by atoms with E-state index in [9.17, 15) is 5.11 Å². The molecule has 0 saturated carbocycles. The van der Waals surface area contributed by atoms with Gasteiger partial charge in [-0.3, -0.25) is 0 Å². The minimum atomic E-state index is 0.133. The average molecular weight is 379 g/mol. The summed E-state index contributed by atoms with van der Waals surface area (Å²) in [6, 6.07) is 25.6. The fraction of sp³-hybridized carbons (Fsp3) is 0.115. The van der Waals surface area contributed by atoms with Crippen LogP contribution in [0.3, 0.4) is 0 Å². The van der Waals surface area contributed by atoms with Gasteiger partial charge in [0.15, 0.2) is 6.20 Å². The number of hydrogen-bond donors (Lipinski definition) is 1. The molecule has 0 aliphatic rings. The molecule has 0 spiro atoms. The van der Waals surface area contributed by atoms with E-state index in [4.69, 9.17) is 0 Å². The molecule has 29 heavy (non-hydrogen) atoms. The molecule has 1 N–H and O–H groups in total. The van der Waals surface area contributed by atoms with Crippen molar-refractivity contribution < 1.29 is 9.67 Å². The number of aromatic nitrogens is 2. The van der Waals surface area contributed by atoms with E-state index in [0.717, 1.165) is 5.52 Å². The lowest BCUT2D eigenvalue weighted by molar-refractivity contribution is -0.644. The maximum atomic E-state index is 9.49. The molecule has 5 aromatic rings. The molecule has 0 unspecified atom stereocenters. The summed E-state index contributed by atoms with van der Waals surface area (Å²) in [6.45, 7) is 0.736. The van der Waals surface area contributed by atoms with Gasteiger partial charge in [0.25, 0.3) is 0 Å². The third-order valence-corrected chi connectivity index (χ3v) is 5.65. The quantitative estimate of drug-likeness (QED) is 0.441. The first-order valence-electron chi connectivity index (χ1n) is 9.93. The maximum Gasteiger partial charge on any atom is 0.212 e. The van der Waals surface area contributed by atoms with Crippen LogP contribution in [0.5, 0.6) is 0 Å². The number of para-hydroxylation sites is 2. The monoisotopic (exact) mass is 379 g/mol. The van der Waals surface area contributed by atoms with Gasteiger partial charge in [0.1, 0.15) is 7.05 Å². The number of fused-ring (bicyclic) bond motifs is 4. The zero-order valence-corrected chi connectivity index (χ0v) is 16.4. The molecular formula is C26H23N2O+. The third-order valence-electron chi connectivity index (χ3n) is 5.65. The van der Waals surface area contributed by atoms with E-state index in [0.29, 0.717) is 6.54 Å². The number of aliphatic hydroxyl groups excluding tert-OH is 1. The van der Waals surface area contributed by atoms with Crippen LogP contribution < -0.4 is 4.57 Å². The van der Waals surface area contributed by atoms with Gasteiger partial charge in [0, 0.05) is 40.5 Å². The molecule has 0 atom stereocenters. The van der Waals surface area contributed by atoms with Crippen molar-refractivity contribution in [2.24, 2.45) is 7.05 Å². The van der Waals surface area contributed by atoms with Gasteiger partial charge in [0.05, 0.1) is 12.0 Å².